The topological polar surface area (TPSA) is 49.3 Å². The van der Waals surface area contributed by atoms with E-state index in [2.05, 4.69) is 57.4 Å². The number of hydrazine groups is 1. The van der Waals surface area contributed by atoms with Crippen LogP contribution in [-0.2, 0) is 0 Å². The summed E-state index contributed by atoms with van der Waals surface area (Å²) in [5, 5.41) is 2.95. The molecule has 3 rings (SSSR count). The maximum Gasteiger partial charge on any atom is 0.202 e. The van der Waals surface area contributed by atoms with Gasteiger partial charge in [-0.2, -0.15) is 0 Å². The lowest BCUT2D eigenvalue weighted by Gasteiger charge is -2.08. The minimum Gasteiger partial charge on any atom is -0.286 e. The number of hydrogen-bond acceptors (Lipinski definition) is 5. The van der Waals surface area contributed by atoms with Crippen LogP contribution < -0.4 is 10.9 Å². The molecule has 0 amide bonds. The van der Waals surface area contributed by atoms with E-state index < -0.39 is 0 Å². The Morgan fingerprint density at radius 3 is 2.76 bits per heavy atom. The number of thiazole rings is 1. The highest BCUT2D eigenvalue weighted by Crippen LogP contribution is 2.24. The molecule has 110 valence electrons. The van der Waals surface area contributed by atoms with Gasteiger partial charge in [-0.25, -0.2) is 4.98 Å². The predicted octanol–water partition coefficient (Wildman–Crippen LogP) is 4.01. The van der Waals surface area contributed by atoms with Gasteiger partial charge in [0.05, 0.1) is 5.69 Å². The van der Waals surface area contributed by atoms with Crippen molar-refractivity contribution in [2.45, 2.75) is 32.6 Å². The Balaban J connectivity index is 1.62. The van der Waals surface area contributed by atoms with Crippen LogP contribution in [0, 0.1) is 6.92 Å². The van der Waals surface area contributed by atoms with Gasteiger partial charge in [0, 0.05) is 23.9 Å². The van der Waals surface area contributed by atoms with Gasteiger partial charge in [-0.3, -0.25) is 15.8 Å². The number of hydrogen-bond donors (Lipinski definition) is 2. The highest BCUT2D eigenvalue weighted by Gasteiger charge is 2.06. The van der Waals surface area contributed by atoms with E-state index in [1.54, 1.807) is 11.3 Å². The fourth-order valence-corrected chi connectivity index (χ4v) is 2.96. The van der Waals surface area contributed by atoms with Crippen molar-refractivity contribution in [3.05, 3.63) is 35.2 Å². The maximum absolute atomic E-state index is 4.61. The fraction of sp³-hybridized carbons (Fsp3) is 0.375. The standard InChI is InChI=1S/C16H20N4S/c1-12-6-8-13(9-7-12)14-11-21-16(18-14)20-19-15-5-3-2-4-10-17-15/h6-9,11H,2-5,10H2,1H3,(H,17,19)(H,18,20). The molecule has 2 aromatic rings. The zero-order chi connectivity index (χ0) is 14.5. The Labute approximate surface area is 129 Å². The minimum absolute atomic E-state index is 0.873. The highest BCUT2D eigenvalue weighted by molar-refractivity contribution is 7.14. The number of rotatable bonds is 3. The van der Waals surface area contributed by atoms with Gasteiger partial charge in [-0.15, -0.1) is 11.3 Å². The zero-order valence-corrected chi connectivity index (χ0v) is 13.0. The number of nitrogens with zero attached hydrogens (tertiary/aromatic N) is 2. The average Bonchev–Trinajstić information content (AvgIpc) is 2.81. The van der Waals surface area contributed by atoms with E-state index in [1.165, 1.54) is 24.8 Å². The van der Waals surface area contributed by atoms with Gasteiger partial charge in [0.15, 0.2) is 0 Å². The molecular weight excluding hydrogens is 280 g/mol. The van der Waals surface area contributed by atoms with Gasteiger partial charge in [0.2, 0.25) is 5.13 Å². The van der Waals surface area contributed by atoms with Crippen LogP contribution in [0.5, 0.6) is 0 Å². The van der Waals surface area contributed by atoms with E-state index in [0.29, 0.717) is 0 Å². The molecule has 0 bridgehead atoms. The van der Waals surface area contributed by atoms with E-state index in [9.17, 15) is 0 Å². The van der Waals surface area contributed by atoms with Crippen molar-refractivity contribution in [2.24, 2.45) is 4.99 Å². The first kappa shape index (κ1) is 14.1. The number of nitrogens with one attached hydrogen (secondary N) is 2. The fourth-order valence-electron chi connectivity index (χ4n) is 2.29. The highest BCUT2D eigenvalue weighted by atomic mass is 32.1. The smallest absolute Gasteiger partial charge is 0.202 e. The number of aliphatic imine (C=N–C) groups is 1. The normalized spacial score (nSPS) is 15.2. The third-order valence-electron chi connectivity index (χ3n) is 3.54. The maximum atomic E-state index is 4.61. The Bertz CT molecular complexity index is 615. The van der Waals surface area contributed by atoms with Crippen molar-refractivity contribution in [1.29, 1.82) is 0 Å². The molecule has 21 heavy (non-hydrogen) atoms. The molecule has 1 aromatic heterocycles. The Kier molecular flexibility index (Phi) is 4.50. The summed E-state index contributed by atoms with van der Waals surface area (Å²) in [6.07, 6.45) is 4.69. The number of aromatic nitrogens is 1. The molecule has 2 heterocycles. The summed E-state index contributed by atoms with van der Waals surface area (Å²) in [7, 11) is 0. The quantitative estimate of drug-likeness (QED) is 0.842. The number of amidine groups is 1. The van der Waals surface area contributed by atoms with Crippen LogP contribution in [0.25, 0.3) is 11.3 Å². The van der Waals surface area contributed by atoms with Gasteiger partial charge in [-0.05, 0) is 19.8 Å². The molecule has 0 radical (unpaired) electrons. The van der Waals surface area contributed by atoms with Crippen LogP contribution in [0.15, 0.2) is 34.6 Å². The number of aryl methyl sites for hydroxylation is 1. The SMILES string of the molecule is Cc1ccc(-c2csc(NNC3=NCCCCC3)n2)cc1. The van der Waals surface area contributed by atoms with E-state index in [1.807, 2.05) is 0 Å². The molecule has 0 fully saturated rings. The molecular formula is C16H20N4S. The van der Waals surface area contributed by atoms with Gasteiger partial charge in [0.25, 0.3) is 0 Å². The largest absolute Gasteiger partial charge is 0.286 e. The van der Waals surface area contributed by atoms with Crippen molar-refractivity contribution in [3.8, 4) is 11.3 Å². The minimum atomic E-state index is 0.873. The number of anilines is 1. The van der Waals surface area contributed by atoms with Gasteiger partial charge >= 0.3 is 0 Å². The number of benzene rings is 1. The van der Waals surface area contributed by atoms with Crippen molar-refractivity contribution in [3.63, 3.8) is 0 Å². The molecule has 2 N–H and O–H groups in total. The summed E-state index contributed by atoms with van der Waals surface area (Å²) in [4.78, 5) is 9.14. The second kappa shape index (κ2) is 6.72. The summed E-state index contributed by atoms with van der Waals surface area (Å²) in [6.45, 7) is 3.02. The van der Waals surface area contributed by atoms with E-state index in [4.69, 9.17) is 0 Å². The lowest BCUT2D eigenvalue weighted by molar-refractivity contribution is 0.729. The van der Waals surface area contributed by atoms with Gasteiger partial charge in [0.1, 0.15) is 5.84 Å². The van der Waals surface area contributed by atoms with Crippen LogP contribution in [0.4, 0.5) is 5.13 Å². The average molecular weight is 300 g/mol. The van der Waals surface area contributed by atoms with Crippen molar-refractivity contribution < 1.29 is 0 Å². The Hall–Kier alpha value is -1.88. The van der Waals surface area contributed by atoms with Crippen LogP contribution in [-0.4, -0.2) is 17.4 Å². The second-order valence-electron chi connectivity index (χ2n) is 5.29. The third-order valence-corrected chi connectivity index (χ3v) is 4.30. The van der Waals surface area contributed by atoms with Crippen LogP contribution in [0.2, 0.25) is 0 Å². The molecule has 0 saturated heterocycles. The van der Waals surface area contributed by atoms with Gasteiger partial charge < -0.3 is 0 Å². The van der Waals surface area contributed by atoms with Crippen molar-refractivity contribution in [1.82, 2.24) is 10.4 Å². The van der Waals surface area contributed by atoms with E-state index in [0.717, 1.165) is 35.2 Å². The van der Waals surface area contributed by atoms with Crippen LogP contribution in [0.1, 0.15) is 31.2 Å². The summed E-state index contributed by atoms with van der Waals surface area (Å²) in [5.41, 5.74) is 9.79. The van der Waals surface area contributed by atoms with E-state index >= 15 is 0 Å². The molecule has 0 aliphatic carbocycles. The van der Waals surface area contributed by atoms with Gasteiger partial charge in [-0.1, -0.05) is 36.2 Å². The zero-order valence-electron chi connectivity index (χ0n) is 12.2. The predicted molar refractivity (Wildman–Crippen MR) is 89.8 cm³/mol. The van der Waals surface area contributed by atoms with Crippen LogP contribution in [0.3, 0.4) is 0 Å². The summed E-state index contributed by atoms with van der Waals surface area (Å²) < 4.78 is 0. The Morgan fingerprint density at radius 2 is 1.90 bits per heavy atom. The molecule has 1 aliphatic heterocycles. The molecule has 4 nitrogen and oxygen atoms in total. The lowest BCUT2D eigenvalue weighted by Crippen LogP contribution is -2.29. The second-order valence-corrected chi connectivity index (χ2v) is 6.15. The first-order valence-electron chi connectivity index (χ1n) is 7.39. The molecule has 0 atom stereocenters. The third kappa shape index (κ3) is 3.82. The molecule has 5 heteroatoms. The van der Waals surface area contributed by atoms with Crippen molar-refractivity contribution >= 4 is 22.3 Å². The van der Waals surface area contributed by atoms with E-state index in [-0.39, 0.29) is 0 Å². The molecule has 0 spiro atoms. The summed E-state index contributed by atoms with van der Waals surface area (Å²) in [5.74, 6) is 1.04. The lowest BCUT2D eigenvalue weighted by atomic mass is 10.1. The molecule has 0 saturated carbocycles. The first-order chi connectivity index (χ1) is 10.3. The molecule has 1 aromatic carbocycles. The van der Waals surface area contributed by atoms with Crippen LogP contribution >= 0.6 is 11.3 Å². The molecule has 0 unspecified atom stereocenters. The monoisotopic (exact) mass is 300 g/mol. The molecule has 1 aliphatic rings. The Morgan fingerprint density at radius 1 is 1.05 bits per heavy atom. The summed E-state index contributed by atoms with van der Waals surface area (Å²) >= 11 is 1.60. The summed E-state index contributed by atoms with van der Waals surface area (Å²) in [6, 6.07) is 8.44. The first-order valence-corrected chi connectivity index (χ1v) is 8.27. The van der Waals surface area contributed by atoms with Crippen molar-refractivity contribution in [2.75, 3.05) is 12.0 Å².